The fourth-order valence-electron chi connectivity index (χ4n) is 1.79. The summed E-state index contributed by atoms with van der Waals surface area (Å²) < 4.78 is 14.3. The van der Waals surface area contributed by atoms with E-state index in [1.165, 1.54) is 7.11 Å². The minimum Gasteiger partial charge on any atom is -0.469 e. The van der Waals surface area contributed by atoms with Crippen LogP contribution in [0.5, 0.6) is 0 Å². The Bertz CT molecular complexity index is 370. The van der Waals surface area contributed by atoms with Crippen LogP contribution in [0.4, 0.5) is 0 Å². The van der Waals surface area contributed by atoms with Crippen molar-refractivity contribution in [1.82, 2.24) is 0 Å². The lowest BCUT2D eigenvalue weighted by Crippen LogP contribution is -2.24. The van der Waals surface area contributed by atoms with E-state index in [0.29, 0.717) is 12.8 Å². The fraction of sp³-hybridized carbons (Fsp3) is 0.824. The van der Waals surface area contributed by atoms with Crippen molar-refractivity contribution in [2.45, 2.75) is 72.1 Å². The van der Waals surface area contributed by atoms with E-state index in [1.54, 1.807) is 20.8 Å². The van der Waals surface area contributed by atoms with E-state index in [4.69, 9.17) is 9.47 Å². The van der Waals surface area contributed by atoms with Gasteiger partial charge in [0.2, 0.25) is 6.79 Å². The van der Waals surface area contributed by atoms with Crippen molar-refractivity contribution in [1.29, 1.82) is 0 Å². The van der Waals surface area contributed by atoms with Gasteiger partial charge in [-0.2, -0.15) is 0 Å². The SMILES string of the molecule is COC(=O)CCCCCCCCC(=O)OCOC(=O)C(C)(C)C. The van der Waals surface area contributed by atoms with Crippen molar-refractivity contribution in [3.63, 3.8) is 0 Å². The maximum atomic E-state index is 11.5. The molecule has 0 aliphatic carbocycles. The van der Waals surface area contributed by atoms with Crippen LogP contribution in [0.1, 0.15) is 72.1 Å². The van der Waals surface area contributed by atoms with Gasteiger partial charge in [0.1, 0.15) is 0 Å². The molecule has 0 radical (unpaired) electrons. The number of unbranched alkanes of at least 4 members (excludes halogenated alkanes) is 5. The van der Waals surface area contributed by atoms with Crippen LogP contribution in [0.25, 0.3) is 0 Å². The predicted octanol–water partition coefficient (Wildman–Crippen LogP) is 3.37. The van der Waals surface area contributed by atoms with Gasteiger partial charge in [0.15, 0.2) is 0 Å². The Hall–Kier alpha value is -1.59. The normalized spacial score (nSPS) is 11.0. The molecule has 6 heteroatoms. The van der Waals surface area contributed by atoms with Gasteiger partial charge in [-0.1, -0.05) is 25.7 Å². The van der Waals surface area contributed by atoms with Gasteiger partial charge in [0, 0.05) is 12.8 Å². The molecule has 0 rings (SSSR count). The van der Waals surface area contributed by atoms with Crippen LogP contribution in [-0.2, 0) is 28.6 Å². The van der Waals surface area contributed by atoms with Crippen LogP contribution in [0.2, 0.25) is 0 Å². The molecule has 0 N–H and O–H groups in total. The summed E-state index contributed by atoms with van der Waals surface area (Å²) in [6.07, 6.45) is 6.38. The number of hydrogen-bond acceptors (Lipinski definition) is 6. The largest absolute Gasteiger partial charge is 0.469 e. The maximum Gasteiger partial charge on any atom is 0.314 e. The van der Waals surface area contributed by atoms with Crippen molar-refractivity contribution in [2.24, 2.45) is 5.41 Å². The molecule has 0 fully saturated rings. The average molecular weight is 330 g/mol. The van der Waals surface area contributed by atoms with Gasteiger partial charge in [-0.15, -0.1) is 0 Å². The lowest BCUT2D eigenvalue weighted by molar-refractivity contribution is -0.173. The minimum absolute atomic E-state index is 0.167. The first-order valence-electron chi connectivity index (χ1n) is 8.17. The second kappa shape index (κ2) is 11.9. The fourth-order valence-corrected chi connectivity index (χ4v) is 1.79. The average Bonchev–Trinajstić information content (AvgIpc) is 2.48. The molecule has 0 saturated heterocycles. The molecule has 134 valence electrons. The number of methoxy groups -OCH3 is 1. The van der Waals surface area contributed by atoms with E-state index in [0.717, 1.165) is 38.5 Å². The molecule has 0 atom stereocenters. The summed E-state index contributed by atoms with van der Waals surface area (Å²) in [6, 6.07) is 0. The zero-order chi connectivity index (χ0) is 17.7. The number of carbonyl (C=O) groups excluding carboxylic acids is 3. The number of esters is 3. The number of carbonyl (C=O) groups is 3. The summed E-state index contributed by atoms with van der Waals surface area (Å²) >= 11 is 0. The van der Waals surface area contributed by atoms with Crippen molar-refractivity contribution in [3.05, 3.63) is 0 Å². The number of ether oxygens (including phenoxy) is 3. The van der Waals surface area contributed by atoms with E-state index in [-0.39, 0.29) is 18.7 Å². The third-order valence-electron chi connectivity index (χ3n) is 3.26. The Morgan fingerprint density at radius 2 is 1.22 bits per heavy atom. The zero-order valence-corrected chi connectivity index (χ0v) is 14.8. The smallest absolute Gasteiger partial charge is 0.314 e. The van der Waals surface area contributed by atoms with Crippen LogP contribution in [0.3, 0.4) is 0 Å². The third kappa shape index (κ3) is 12.6. The van der Waals surface area contributed by atoms with E-state index in [9.17, 15) is 14.4 Å². The lowest BCUT2D eigenvalue weighted by Gasteiger charge is -2.16. The Balaban J connectivity index is 3.44. The first-order chi connectivity index (χ1) is 10.8. The highest BCUT2D eigenvalue weighted by Gasteiger charge is 2.23. The molecule has 0 spiro atoms. The number of hydrogen-bond donors (Lipinski definition) is 0. The second-order valence-electron chi connectivity index (χ2n) is 6.51. The predicted molar refractivity (Wildman–Crippen MR) is 85.5 cm³/mol. The summed E-state index contributed by atoms with van der Waals surface area (Å²) in [5, 5.41) is 0. The molecule has 0 aliphatic heterocycles. The van der Waals surface area contributed by atoms with Crippen LogP contribution in [0, 0.1) is 5.41 Å². The van der Waals surface area contributed by atoms with E-state index in [1.807, 2.05) is 0 Å². The van der Waals surface area contributed by atoms with Gasteiger partial charge in [-0.25, -0.2) is 0 Å². The molecule has 6 nitrogen and oxygen atoms in total. The molecule has 0 heterocycles. The molecule has 0 amide bonds. The maximum absolute atomic E-state index is 11.5. The first-order valence-corrected chi connectivity index (χ1v) is 8.17. The van der Waals surface area contributed by atoms with Crippen LogP contribution >= 0.6 is 0 Å². The topological polar surface area (TPSA) is 78.9 Å². The molecule has 0 bridgehead atoms. The van der Waals surface area contributed by atoms with Gasteiger partial charge in [-0.05, 0) is 33.6 Å². The highest BCUT2D eigenvalue weighted by molar-refractivity contribution is 5.75. The van der Waals surface area contributed by atoms with Gasteiger partial charge in [0.25, 0.3) is 0 Å². The zero-order valence-electron chi connectivity index (χ0n) is 14.8. The monoisotopic (exact) mass is 330 g/mol. The van der Waals surface area contributed by atoms with Crippen LogP contribution in [-0.4, -0.2) is 31.8 Å². The number of rotatable bonds is 11. The molecular formula is C17H30O6. The van der Waals surface area contributed by atoms with Crippen molar-refractivity contribution < 1.29 is 28.6 Å². The van der Waals surface area contributed by atoms with Crippen molar-refractivity contribution in [2.75, 3.05) is 13.9 Å². The van der Waals surface area contributed by atoms with Crippen LogP contribution < -0.4 is 0 Å². The van der Waals surface area contributed by atoms with E-state index >= 15 is 0 Å². The van der Waals surface area contributed by atoms with Gasteiger partial charge in [0.05, 0.1) is 12.5 Å². The second-order valence-corrected chi connectivity index (χ2v) is 6.51. The summed E-state index contributed by atoms with van der Waals surface area (Å²) in [5.41, 5.74) is -0.597. The molecule has 0 aromatic heterocycles. The molecule has 0 aromatic carbocycles. The minimum atomic E-state index is -0.597. The molecular weight excluding hydrogens is 300 g/mol. The van der Waals surface area contributed by atoms with Crippen LogP contribution in [0.15, 0.2) is 0 Å². The highest BCUT2D eigenvalue weighted by atomic mass is 16.7. The molecule has 0 unspecified atom stereocenters. The van der Waals surface area contributed by atoms with Gasteiger partial charge in [-0.3, -0.25) is 14.4 Å². The summed E-state index contributed by atoms with van der Waals surface area (Å²) in [4.78, 5) is 33.8. The van der Waals surface area contributed by atoms with E-state index < -0.39 is 11.4 Å². The van der Waals surface area contributed by atoms with Crippen molar-refractivity contribution >= 4 is 17.9 Å². The highest BCUT2D eigenvalue weighted by Crippen LogP contribution is 2.15. The van der Waals surface area contributed by atoms with Gasteiger partial charge >= 0.3 is 17.9 Å². The Morgan fingerprint density at radius 3 is 1.70 bits per heavy atom. The third-order valence-corrected chi connectivity index (χ3v) is 3.26. The Kier molecular flexibility index (Phi) is 11.1. The first kappa shape index (κ1) is 21.4. The molecule has 0 aromatic rings. The molecule has 23 heavy (non-hydrogen) atoms. The van der Waals surface area contributed by atoms with Crippen molar-refractivity contribution in [3.8, 4) is 0 Å². The summed E-state index contributed by atoms with van der Waals surface area (Å²) in [5.74, 6) is -0.908. The summed E-state index contributed by atoms with van der Waals surface area (Å²) in [7, 11) is 1.39. The Morgan fingerprint density at radius 1 is 0.739 bits per heavy atom. The van der Waals surface area contributed by atoms with Gasteiger partial charge < -0.3 is 14.2 Å². The standard InChI is InChI=1S/C17H30O6/c1-17(2,3)16(20)23-13-22-15(19)12-10-8-6-5-7-9-11-14(18)21-4/h5-13H2,1-4H3. The molecule has 0 saturated carbocycles. The summed E-state index contributed by atoms with van der Waals surface area (Å²) in [6.45, 7) is 4.90. The Labute approximate surface area is 138 Å². The van der Waals surface area contributed by atoms with E-state index in [2.05, 4.69) is 4.74 Å². The quantitative estimate of drug-likeness (QED) is 0.328. The molecule has 0 aliphatic rings. The lowest BCUT2D eigenvalue weighted by atomic mass is 9.98.